The Hall–Kier alpha value is -3.13. The molecule has 0 radical (unpaired) electrons. The monoisotopic (exact) mass is 594 g/mol. The number of nitrogens with two attached hydrogens (primary N) is 2. The van der Waals surface area contributed by atoms with Crippen molar-refractivity contribution in [3.63, 3.8) is 0 Å². The van der Waals surface area contributed by atoms with Gasteiger partial charge in [0.1, 0.15) is 36.3 Å². The molecule has 0 bridgehead atoms. The molecule has 20 heteroatoms. The molecule has 18 nitrogen and oxygen atoms in total. The van der Waals surface area contributed by atoms with E-state index in [2.05, 4.69) is 30.0 Å². The fraction of sp³-hybridized carbons (Fsp3) is 0.500. The van der Waals surface area contributed by atoms with Gasteiger partial charge in [-0.3, -0.25) is 18.9 Å². The molecular weight excluding hydrogens is 571 g/mol. The minimum Gasteiger partial charge on any atom is -0.394 e. The Kier molecular flexibility index (Phi) is 5.77. The second-order valence-electron chi connectivity index (χ2n) is 9.79. The van der Waals surface area contributed by atoms with E-state index < -0.39 is 54.6 Å². The third-order valence-electron chi connectivity index (χ3n) is 7.25. The lowest BCUT2D eigenvalue weighted by Crippen LogP contribution is -2.24. The van der Waals surface area contributed by atoms with Gasteiger partial charge in [-0.15, -0.1) is 0 Å². The van der Waals surface area contributed by atoms with Crippen LogP contribution in [0.1, 0.15) is 30.9 Å². The van der Waals surface area contributed by atoms with Gasteiger partial charge in [0.25, 0.3) is 5.56 Å². The molecule has 212 valence electrons. The number of anilines is 2. The number of nitrogens with zero attached hydrogens (tertiary/aromatic N) is 7. The van der Waals surface area contributed by atoms with Gasteiger partial charge in [0.05, 0.1) is 30.9 Å². The molecule has 4 aromatic rings. The van der Waals surface area contributed by atoms with Crippen LogP contribution in [0.2, 0.25) is 0 Å². The van der Waals surface area contributed by atoms with Crippen molar-refractivity contribution in [1.82, 2.24) is 39.1 Å². The molecule has 4 aromatic heterocycles. The Morgan fingerprint density at radius 1 is 1.25 bits per heavy atom. The van der Waals surface area contributed by atoms with Gasteiger partial charge in [-0.25, -0.2) is 19.5 Å². The number of nitrogens with one attached hydrogen (secondary N) is 1. The van der Waals surface area contributed by atoms with Gasteiger partial charge < -0.3 is 40.6 Å². The number of fused-ring (bicyclic) bond motifs is 3. The maximum absolute atomic E-state index is 12.2. The Labute approximate surface area is 228 Å². The van der Waals surface area contributed by atoms with Crippen molar-refractivity contribution in [2.75, 3.05) is 18.1 Å². The summed E-state index contributed by atoms with van der Waals surface area (Å²) < 4.78 is 26.3. The summed E-state index contributed by atoms with van der Waals surface area (Å²) in [5.74, 6) is 0.0746. The van der Waals surface area contributed by atoms with Crippen LogP contribution in [0, 0.1) is 0 Å². The zero-order valence-electron chi connectivity index (χ0n) is 20.3. The van der Waals surface area contributed by atoms with Crippen molar-refractivity contribution < 1.29 is 33.6 Å². The molecule has 0 amide bonds. The average molecular weight is 595 g/mol. The summed E-state index contributed by atoms with van der Waals surface area (Å²) in [6, 6.07) is 0. The first-order chi connectivity index (χ1) is 19.1. The molecule has 0 spiro atoms. The van der Waals surface area contributed by atoms with Gasteiger partial charge >= 0.3 is 6.72 Å². The van der Waals surface area contributed by atoms with E-state index in [1.807, 2.05) is 0 Å². The Morgan fingerprint density at radius 3 is 2.83 bits per heavy atom. The highest BCUT2D eigenvalue weighted by atomic mass is 32.5. The van der Waals surface area contributed by atoms with E-state index >= 15 is 0 Å². The van der Waals surface area contributed by atoms with Crippen LogP contribution >= 0.6 is 6.72 Å². The molecule has 1 aliphatic carbocycles. The highest BCUT2D eigenvalue weighted by Gasteiger charge is 2.74. The predicted molar refractivity (Wildman–Crippen MR) is 137 cm³/mol. The van der Waals surface area contributed by atoms with Crippen molar-refractivity contribution in [1.29, 1.82) is 0 Å². The van der Waals surface area contributed by atoms with E-state index in [-0.39, 0.29) is 42.4 Å². The summed E-state index contributed by atoms with van der Waals surface area (Å²) in [5.41, 5.74) is 10.6. The van der Waals surface area contributed by atoms with Gasteiger partial charge in [0.15, 0.2) is 28.9 Å². The maximum Gasteiger partial charge on any atom is 0.325 e. The Balaban J connectivity index is 1.07. The van der Waals surface area contributed by atoms with Gasteiger partial charge in [0.2, 0.25) is 5.95 Å². The van der Waals surface area contributed by atoms with Gasteiger partial charge in [-0.1, -0.05) is 0 Å². The molecular formula is C20H23N10O8PS. The number of aromatic amines is 1. The van der Waals surface area contributed by atoms with Crippen molar-refractivity contribution in [3.05, 3.63) is 34.9 Å². The minimum absolute atomic E-state index is 0.0172. The van der Waals surface area contributed by atoms with Gasteiger partial charge in [0, 0.05) is 12.8 Å². The van der Waals surface area contributed by atoms with Gasteiger partial charge in [-0.2, -0.15) is 10.1 Å². The number of hydrogen-bond donors (Lipinski definition) is 6. The summed E-state index contributed by atoms with van der Waals surface area (Å²) in [7, 11) is 0. The normalized spacial score (nSPS) is 33.0. The molecule has 2 saturated heterocycles. The molecule has 2 aliphatic heterocycles. The lowest BCUT2D eigenvalue weighted by Gasteiger charge is -2.25. The maximum atomic E-state index is 12.2. The number of rotatable bonds is 7. The summed E-state index contributed by atoms with van der Waals surface area (Å²) in [6.07, 6.45) is -0.431. The third kappa shape index (κ3) is 4.01. The molecule has 8 atom stereocenters. The van der Waals surface area contributed by atoms with Crippen LogP contribution in [0.15, 0.2) is 23.6 Å². The second-order valence-corrected chi connectivity index (χ2v) is 12.5. The largest absolute Gasteiger partial charge is 0.394 e. The quantitative estimate of drug-likeness (QED) is 0.130. The number of hydrogen-bond acceptors (Lipinski definition) is 15. The van der Waals surface area contributed by atoms with E-state index in [0.29, 0.717) is 11.3 Å². The summed E-state index contributed by atoms with van der Waals surface area (Å²) in [6.45, 7) is -4.32. The number of aromatic nitrogens is 8. The molecule has 40 heavy (non-hydrogen) atoms. The van der Waals surface area contributed by atoms with Crippen LogP contribution in [0.25, 0.3) is 16.8 Å². The van der Waals surface area contributed by atoms with Crippen LogP contribution < -0.4 is 17.0 Å². The van der Waals surface area contributed by atoms with Crippen LogP contribution in [0.3, 0.4) is 0 Å². The lowest BCUT2D eigenvalue weighted by atomic mass is 10.1. The summed E-state index contributed by atoms with van der Waals surface area (Å²) in [5, 5.41) is 25.0. The summed E-state index contributed by atoms with van der Waals surface area (Å²) in [4.78, 5) is 41.9. The van der Waals surface area contributed by atoms with Gasteiger partial charge in [-0.05, 0) is 11.8 Å². The predicted octanol–water partition coefficient (Wildman–Crippen LogP) is -1.74. The molecule has 7 rings (SSSR count). The molecule has 2 unspecified atom stereocenters. The zero-order chi connectivity index (χ0) is 28.0. The van der Waals surface area contributed by atoms with Crippen molar-refractivity contribution in [2.24, 2.45) is 0 Å². The van der Waals surface area contributed by atoms with Crippen LogP contribution in [0.5, 0.6) is 0 Å². The summed E-state index contributed by atoms with van der Waals surface area (Å²) >= 11 is 5.28. The molecule has 6 heterocycles. The number of aliphatic hydroxyl groups is 2. The molecule has 3 fully saturated rings. The first-order valence-corrected chi connectivity index (χ1v) is 14.7. The van der Waals surface area contributed by atoms with E-state index in [0.717, 1.165) is 0 Å². The minimum atomic E-state index is -3.98. The topological polar surface area (TPSA) is 256 Å². The molecule has 8 N–H and O–H groups in total. The van der Waals surface area contributed by atoms with Crippen LogP contribution in [-0.2, 0) is 30.3 Å². The number of ether oxygens (including phenoxy) is 2. The third-order valence-corrected chi connectivity index (χ3v) is 8.80. The zero-order valence-corrected chi connectivity index (χ0v) is 22.1. The van der Waals surface area contributed by atoms with E-state index in [1.54, 1.807) is 6.20 Å². The smallest absolute Gasteiger partial charge is 0.325 e. The number of imidazole rings is 2. The van der Waals surface area contributed by atoms with Crippen molar-refractivity contribution in [3.8, 4) is 0 Å². The SMILES string of the molecule is Nc1nc2c(ncn2[C@@H]2O[C@H](CO)C[C@H]2OP(O)(=S)OC2[C@H]3O[C@@H](c4cnc5c(N)ncnn45)C[C@@]23O)c(=O)[nH]1. The number of aliphatic hydroxyl groups excluding tert-OH is 1. The Morgan fingerprint density at radius 2 is 2.08 bits per heavy atom. The number of nitrogen functional groups attached to an aromatic ring is 2. The fourth-order valence-electron chi connectivity index (χ4n) is 5.34. The standard InChI is InChI=1S/C20H23N10O8PS/c21-14-16-23-3-8(30(16)26-5-24-14)10-2-20(33)12(36-10)13(20)38-39(34,40)37-9-1-7(4-31)35-18(9)29-6-25-11-15(29)27-19(22)28-17(11)32/h3,5-7,9-10,12-13,18,31,33H,1-2,4H2,(H,34,40)(H2,21,24,26)(H3,22,27,28,32)/t7-,9+,10+,12+,13?,18+,20-,39?/m0/s1. The lowest BCUT2D eigenvalue weighted by molar-refractivity contribution is -0.0484. The van der Waals surface area contributed by atoms with Crippen molar-refractivity contribution >= 4 is 47.1 Å². The van der Waals surface area contributed by atoms with E-state index in [9.17, 15) is 19.9 Å². The second kappa shape index (κ2) is 8.93. The van der Waals surface area contributed by atoms with E-state index in [4.69, 9.17) is 41.8 Å². The molecule has 0 aromatic carbocycles. The highest BCUT2D eigenvalue weighted by molar-refractivity contribution is 8.07. The first kappa shape index (κ1) is 25.8. The average Bonchev–Trinajstić information content (AvgIpc) is 3.50. The van der Waals surface area contributed by atoms with Crippen LogP contribution in [0.4, 0.5) is 11.8 Å². The van der Waals surface area contributed by atoms with E-state index in [1.165, 1.54) is 21.7 Å². The first-order valence-electron chi connectivity index (χ1n) is 12.1. The van der Waals surface area contributed by atoms with Crippen molar-refractivity contribution in [2.45, 2.75) is 55.2 Å². The highest BCUT2D eigenvalue weighted by Crippen LogP contribution is 2.62. The Bertz CT molecular complexity index is 1750. The number of H-pyrrole nitrogens is 1. The molecule has 3 aliphatic rings. The fourth-order valence-corrected chi connectivity index (χ4v) is 7.11. The van der Waals surface area contributed by atoms with Crippen LogP contribution in [-0.4, -0.2) is 90.8 Å². The molecule has 1 saturated carbocycles.